The number of hydrogen-bond donors (Lipinski definition) is 2. The summed E-state index contributed by atoms with van der Waals surface area (Å²) < 4.78 is 0. The zero-order chi connectivity index (χ0) is 12.7. The summed E-state index contributed by atoms with van der Waals surface area (Å²) in [5.41, 5.74) is 0.867. The lowest BCUT2D eigenvalue weighted by Crippen LogP contribution is -2.17. The molecule has 0 amide bonds. The van der Waals surface area contributed by atoms with Crippen LogP contribution in [0.1, 0.15) is 45.2 Å². The number of nitrogens with zero attached hydrogens (tertiary/aromatic N) is 1. The topological polar surface area (TPSA) is 62.2 Å². The quantitative estimate of drug-likeness (QED) is 0.750. The van der Waals surface area contributed by atoms with Crippen molar-refractivity contribution in [1.29, 1.82) is 0 Å². The molecule has 96 valence electrons. The van der Waals surface area contributed by atoms with Gasteiger partial charge in [-0.3, -0.25) is 4.79 Å². The molecular formula is C12H20N2O2S. The van der Waals surface area contributed by atoms with Gasteiger partial charge in [-0.15, -0.1) is 11.3 Å². The second-order valence-corrected chi connectivity index (χ2v) is 4.93. The van der Waals surface area contributed by atoms with Crippen LogP contribution in [0.4, 0.5) is 5.13 Å². The molecule has 5 heteroatoms. The summed E-state index contributed by atoms with van der Waals surface area (Å²) in [5, 5.41) is 14.8. The van der Waals surface area contributed by atoms with Gasteiger partial charge in [0, 0.05) is 17.8 Å². The van der Waals surface area contributed by atoms with Crippen molar-refractivity contribution < 1.29 is 9.90 Å². The molecule has 4 nitrogen and oxygen atoms in total. The molecule has 17 heavy (non-hydrogen) atoms. The molecule has 0 fully saturated rings. The fraction of sp³-hybridized carbons (Fsp3) is 0.667. The first-order chi connectivity index (χ1) is 8.15. The number of aromatic nitrogens is 1. The molecule has 1 unspecified atom stereocenters. The van der Waals surface area contributed by atoms with E-state index in [1.165, 1.54) is 0 Å². The van der Waals surface area contributed by atoms with Crippen LogP contribution >= 0.6 is 11.3 Å². The van der Waals surface area contributed by atoms with E-state index in [4.69, 9.17) is 5.11 Å². The summed E-state index contributed by atoms with van der Waals surface area (Å²) >= 11 is 1.56. The van der Waals surface area contributed by atoms with E-state index in [1.807, 2.05) is 5.38 Å². The molecule has 0 saturated heterocycles. The molecule has 1 rings (SSSR count). The Kier molecular flexibility index (Phi) is 5.97. The Morgan fingerprint density at radius 2 is 2.35 bits per heavy atom. The molecule has 0 aliphatic rings. The summed E-state index contributed by atoms with van der Waals surface area (Å²) in [4.78, 5) is 14.8. The first kappa shape index (κ1) is 14.0. The monoisotopic (exact) mass is 256 g/mol. The van der Waals surface area contributed by atoms with Gasteiger partial charge in [0.2, 0.25) is 0 Å². The SMILES string of the molecule is CCCC(CC)Nc1nc(CCC(=O)O)cs1. The van der Waals surface area contributed by atoms with E-state index >= 15 is 0 Å². The normalized spacial score (nSPS) is 12.4. The van der Waals surface area contributed by atoms with Crippen LogP contribution in [0.3, 0.4) is 0 Å². The average Bonchev–Trinajstić information content (AvgIpc) is 2.73. The van der Waals surface area contributed by atoms with Crippen LogP contribution in [-0.4, -0.2) is 22.1 Å². The highest BCUT2D eigenvalue weighted by atomic mass is 32.1. The zero-order valence-electron chi connectivity index (χ0n) is 10.4. The van der Waals surface area contributed by atoms with Crippen molar-refractivity contribution in [3.63, 3.8) is 0 Å². The standard InChI is InChI=1S/C12H20N2O2S/c1-3-5-9(4-2)13-12-14-10(8-17-12)6-7-11(15)16/h8-9H,3-7H2,1-2H3,(H,13,14)(H,15,16). The van der Waals surface area contributed by atoms with E-state index in [9.17, 15) is 4.79 Å². The molecule has 0 aromatic carbocycles. The van der Waals surface area contributed by atoms with Gasteiger partial charge in [0.25, 0.3) is 0 Å². The lowest BCUT2D eigenvalue weighted by molar-refractivity contribution is -0.136. The molecule has 1 aromatic heterocycles. The number of carboxylic acids is 1. The fourth-order valence-electron chi connectivity index (χ4n) is 1.62. The minimum atomic E-state index is -0.773. The highest BCUT2D eigenvalue weighted by Gasteiger charge is 2.08. The van der Waals surface area contributed by atoms with Crippen molar-refractivity contribution in [2.75, 3.05) is 5.32 Å². The van der Waals surface area contributed by atoms with Gasteiger partial charge in [0.15, 0.2) is 5.13 Å². The van der Waals surface area contributed by atoms with Crippen LogP contribution in [0, 0.1) is 0 Å². The number of aliphatic carboxylic acids is 1. The highest BCUT2D eigenvalue weighted by molar-refractivity contribution is 7.13. The maximum atomic E-state index is 10.4. The summed E-state index contributed by atoms with van der Waals surface area (Å²) in [5.74, 6) is -0.773. The third-order valence-electron chi connectivity index (χ3n) is 2.60. The minimum absolute atomic E-state index is 0.148. The molecule has 1 atom stereocenters. The third-order valence-corrected chi connectivity index (χ3v) is 3.43. The van der Waals surface area contributed by atoms with Gasteiger partial charge in [0.1, 0.15) is 0 Å². The van der Waals surface area contributed by atoms with E-state index in [2.05, 4.69) is 24.1 Å². The number of carboxylic acid groups (broad SMARTS) is 1. The third kappa shape index (κ3) is 5.17. The van der Waals surface area contributed by atoms with Gasteiger partial charge >= 0.3 is 5.97 Å². The van der Waals surface area contributed by atoms with Crippen molar-refractivity contribution in [3.8, 4) is 0 Å². The van der Waals surface area contributed by atoms with Crippen molar-refractivity contribution in [2.24, 2.45) is 0 Å². The first-order valence-corrected chi connectivity index (χ1v) is 6.96. The molecule has 0 radical (unpaired) electrons. The number of hydrogen-bond acceptors (Lipinski definition) is 4. The smallest absolute Gasteiger partial charge is 0.303 e. The van der Waals surface area contributed by atoms with Crippen LogP contribution in [0.25, 0.3) is 0 Å². The van der Waals surface area contributed by atoms with Gasteiger partial charge in [-0.25, -0.2) is 4.98 Å². The number of nitrogens with one attached hydrogen (secondary N) is 1. The number of aryl methyl sites for hydroxylation is 1. The van der Waals surface area contributed by atoms with Gasteiger partial charge in [-0.05, 0) is 12.8 Å². The Balaban J connectivity index is 2.46. The van der Waals surface area contributed by atoms with Crippen molar-refractivity contribution in [2.45, 2.75) is 52.0 Å². The Bertz CT molecular complexity index is 352. The van der Waals surface area contributed by atoms with Gasteiger partial charge in [-0.2, -0.15) is 0 Å². The number of rotatable bonds is 8. The van der Waals surface area contributed by atoms with Crippen LogP contribution in [0.5, 0.6) is 0 Å². The van der Waals surface area contributed by atoms with Crippen molar-refractivity contribution in [1.82, 2.24) is 4.98 Å². The van der Waals surface area contributed by atoms with Crippen LogP contribution in [-0.2, 0) is 11.2 Å². The molecule has 0 spiro atoms. The number of anilines is 1. The predicted octanol–water partition coefficient (Wildman–Crippen LogP) is 3.15. The maximum absolute atomic E-state index is 10.4. The maximum Gasteiger partial charge on any atom is 0.303 e. The van der Waals surface area contributed by atoms with E-state index in [-0.39, 0.29) is 6.42 Å². The molecular weight excluding hydrogens is 236 g/mol. The first-order valence-electron chi connectivity index (χ1n) is 6.08. The van der Waals surface area contributed by atoms with Gasteiger partial charge < -0.3 is 10.4 Å². The Morgan fingerprint density at radius 1 is 1.59 bits per heavy atom. The molecule has 0 aliphatic heterocycles. The molecule has 1 heterocycles. The lowest BCUT2D eigenvalue weighted by Gasteiger charge is -2.14. The Hall–Kier alpha value is -1.10. The van der Waals surface area contributed by atoms with Crippen LogP contribution in [0.15, 0.2) is 5.38 Å². The second kappa shape index (κ2) is 7.27. The van der Waals surface area contributed by atoms with Crippen molar-refractivity contribution >= 4 is 22.4 Å². The van der Waals surface area contributed by atoms with E-state index in [1.54, 1.807) is 11.3 Å². The number of carbonyl (C=O) groups is 1. The van der Waals surface area contributed by atoms with Crippen molar-refractivity contribution in [3.05, 3.63) is 11.1 Å². The van der Waals surface area contributed by atoms with E-state index in [0.29, 0.717) is 12.5 Å². The predicted molar refractivity (Wildman–Crippen MR) is 70.7 cm³/mol. The lowest BCUT2D eigenvalue weighted by atomic mass is 10.1. The molecule has 0 aliphatic carbocycles. The summed E-state index contributed by atoms with van der Waals surface area (Å²) in [6.07, 6.45) is 4.04. The van der Waals surface area contributed by atoms with Crippen LogP contribution < -0.4 is 5.32 Å². The van der Waals surface area contributed by atoms with E-state index < -0.39 is 5.97 Å². The second-order valence-electron chi connectivity index (χ2n) is 4.08. The summed E-state index contributed by atoms with van der Waals surface area (Å²) in [6, 6.07) is 0.471. The van der Waals surface area contributed by atoms with E-state index in [0.717, 1.165) is 30.1 Å². The molecule has 0 bridgehead atoms. The van der Waals surface area contributed by atoms with Gasteiger partial charge in [-0.1, -0.05) is 20.3 Å². The minimum Gasteiger partial charge on any atom is -0.481 e. The molecule has 0 saturated carbocycles. The van der Waals surface area contributed by atoms with Crippen LogP contribution in [0.2, 0.25) is 0 Å². The largest absolute Gasteiger partial charge is 0.481 e. The number of thiazole rings is 1. The van der Waals surface area contributed by atoms with Gasteiger partial charge in [0.05, 0.1) is 12.1 Å². The Labute approximate surface area is 106 Å². The summed E-state index contributed by atoms with van der Waals surface area (Å²) in [6.45, 7) is 4.33. The fourth-order valence-corrected chi connectivity index (χ4v) is 2.45. The highest BCUT2D eigenvalue weighted by Crippen LogP contribution is 2.19. The molecule has 1 aromatic rings. The zero-order valence-corrected chi connectivity index (χ0v) is 11.2. The Morgan fingerprint density at radius 3 is 2.94 bits per heavy atom. The molecule has 2 N–H and O–H groups in total. The summed E-state index contributed by atoms with van der Waals surface area (Å²) in [7, 11) is 0. The average molecular weight is 256 g/mol.